The summed E-state index contributed by atoms with van der Waals surface area (Å²) in [7, 11) is 2.07. The number of carbonyl (C=O) groups excluding carboxylic acids is 2. The van der Waals surface area contributed by atoms with E-state index in [2.05, 4.69) is 9.47 Å². The Hall–Kier alpha value is -1.14. The zero-order valence-corrected chi connectivity index (χ0v) is 6.60. The number of rotatable bonds is 5. The van der Waals surface area contributed by atoms with E-state index >= 15 is 0 Å². The first-order valence-electron chi connectivity index (χ1n) is 3.02. The molecule has 0 saturated carbocycles. The Labute approximate surface area is 68.7 Å². The van der Waals surface area contributed by atoms with Gasteiger partial charge in [0.25, 0.3) is 0 Å². The van der Waals surface area contributed by atoms with Gasteiger partial charge < -0.3 is 29.3 Å². The van der Waals surface area contributed by atoms with Crippen molar-refractivity contribution in [3.63, 3.8) is 0 Å². The van der Waals surface area contributed by atoms with E-state index in [1.54, 1.807) is 0 Å². The lowest BCUT2D eigenvalue weighted by Crippen LogP contribution is -2.53. The standard InChI is InChI=1S/C6H10O6/c1-11-3(5(7)8)4(12-2)6(9)10/h3-4H,1-2H3,(H,7,8)(H,9,10)/p-2/t3-,4-/m0/s1. The molecule has 0 aromatic carbocycles. The minimum atomic E-state index is -1.66. The van der Waals surface area contributed by atoms with Crippen LogP contribution in [0.25, 0.3) is 0 Å². The van der Waals surface area contributed by atoms with Gasteiger partial charge in [0.2, 0.25) is 0 Å². The van der Waals surface area contributed by atoms with Crippen LogP contribution in [-0.4, -0.2) is 38.4 Å². The molecule has 0 aliphatic carbocycles. The molecule has 6 heteroatoms. The van der Waals surface area contributed by atoms with Gasteiger partial charge in [-0.1, -0.05) is 0 Å². The maximum absolute atomic E-state index is 10.2. The highest BCUT2D eigenvalue weighted by Crippen LogP contribution is 2.00. The Kier molecular flexibility index (Phi) is 4.24. The van der Waals surface area contributed by atoms with Crippen LogP contribution in [0.3, 0.4) is 0 Å². The van der Waals surface area contributed by atoms with E-state index in [0.717, 1.165) is 14.2 Å². The zero-order chi connectivity index (χ0) is 9.72. The van der Waals surface area contributed by atoms with Crippen molar-refractivity contribution in [1.29, 1.82) is 0 Å². The first-order valence-corrected chi connectivity index (χ1v) is 3.02. The second-order valence-corrected chi connectivity index (χ2v) is 1.95. The Balaban J connectivity index is 4.44. The molecule has 0 spiro atoms. The summed E-state index contributed by atoms with van der Waals surface area (Å²) < 4.78 is 8.64. The number of carboxylic acid groups (broad SMARTS) is 2. The van der Waals surface area contributed by atoms with Gasteiger partial charge in [-0.05, 0) is 0 Å². The zero-order valence-electron chi connectivity index (χ0n) is 6.60. The molecule has 0 N–H and O–H groups in total. The maximum atomic E-state index is 10.2. The van der Waals surface area contributed by atoms with Gasteiger partial charge in [0.05, 0.1) is 11.9 Å². The van der Waals surface area contributed by atoms with E-state index < -0.39 is 24.1 Å². The molecule has 70 valence electrons. The highest BCUT2D eigenvalue weighted by molar-refractivity contribution is 5.81. The average Bonchev–Trinajstić information content (AvgIpc) is 1.98. The monoisotopic (exact) mass is 176 g/mol. The van der Waals surface area contributed by atoms with Crippen molar-refractivity contribution in [2.24, 2.45) is 0 Å². The summed E-state index contributed by atoms with van der Waals surface area (Å²) in [5, 5.41) is 20.5. The largest absolute Gasteiger partial charge is 0.547 e. The first-order chi connectivity index (χ1) is 5.54. The molecule has 0 aromatic rings. The van der Waals surface area contributed by atoms with Crippen LogP contribution in [0.15, 0.2) is 0 Å². The highest BCUT2D eigenvalue weighted by atomic mass is 16.6. The second-order valence-electron chi connectivity index (χ2n) is 1.95. The summed E-state index contributed by atoms with van der Waals surface area (Å²) in [4.78, 5) is 20.5. The lowest BCUT2D eigenvalue weighted by Gasteiger charge is -2.25. The van der Waals surface area contributed by atoms with Gasteiger partial charge in [0, 0.05) is 14.2 Å². The molecule has 0 amide bonds. The SMILES string of the molecule is CO[C@H](C(=O)[O-])[C@H](OC)C(=O)[O-]. The highest BCUT2D eigenvalue weighted by Gasteiger charge is 2.22. The molecule has 0 rings (SSSR count). The van der Waals surface area contributed by atoms with E-state index in [1.807, 2.05) is 0 Å². The minimum Gasteiger partial charge on any atom is -0.547 e. The number of ether oxygens (including phenoxy) is 2. The Bertz CT molecular complexity index is 157. The molecule has 2 atom stereocenters. The smallest absolute Gasteiger partial charge is 0.128 e. The summed E-state index contributed by atoms with van der Waals surface area (Å²) in [5.74, 6) is -3.32. The average molecular weight is 176 g/mol. The normalized spacial score (nSPS) is 15.2. The predicted octanol–water partition coefficient (Wildman–Crippen LogP) is -3.48. The third kappa shape index (κ3) is 2.48. The molecule has 0 aliphatic heterocycles. The van der Waals surface area contributed by atoms with Crippen LogP contribution in [0.4, 0.5) is 0 Å². The summed E-state index contributed by atoms with van der Waals surface area (Å²) in [6.07, 6.45) is -3.31. The van der Waals surface area contributed by atoms with Crippen molar-refractivity contribution in [2.75, 3.05) is 14.2 Å². The van der Waals surface area contributed by atoms with Gasteiger partial charge in [-0.3, -0.25) is 0 Å². The molecule has 6 nitrogen and oxygen atoms in total. The lowest BCUT2D eigenvalue weighted by molar-refractivity contribution is -0.335. The number of carbonyl (C=O) groups is 2. The van der Waals surface area contributed by atoms with Gasteiger partial charge in [0.15, 0.2) is 0 Å². The minimum absolute atomic E-state index is 1.04. The predicted molar refractivity (Wildman–Crippen MR) is 31.6 cm³/mol. The fourth-order valence-electron chi connectivity index (χ4n) is 0.687. The molecule has 0 radical (unpaired) electrons. The summed E-state index contributed by atoms with van der Waals surface area (Å²) in [5.41, 5.74) is 0. The van der Waals surface area contributed by atoms with Crippen molar-refractivity contribution in [2.45, 2.75) is 12.2 Å². The molecular formula is C6H8O6-2. The molecule has 12 heavy (non-hydrogen) atoms. The second kappa shape index (κ2) is 4.68. The van der Waals surface area contributed by atoms with Crippen molar-refractivity contribution >= 4 is 11.9 Å². The quantitative estimate of drug-likeness (QED) is 0.431. The third-order valence-corrected chi connectivity index (χ3v) is 1.25. The Morgan fingerprint density at radius 3 is 1.33 bits per heavy atom. The molecule has 0 saturated heterocycles. The molecule has 0 aromatic heterocycles. The van der Waals surface area contributed by atoms with Gasteiger partial charge in [0.1, 0.15) is 12.2 Å². The van der Waals surface area contributed by atoms with Gasteiger partial charge in [-0.15, -0.1) is 0 Å². The van der Waals surface area contributed by atoms with E-state index in [4.69, 9.17) is 0 Å². The number of methoxy groups -OCH3 is 2. The van der Waals surface area contributed by atoms with Crippen LogP contribution in [0.1, 0.15) is 0 Å². The van der Waals surface area contributed by atoms with Crippen LogP contribution >= 0.6 is 0 Å². The third-order valence-electron chi connectivity index (χ3n) is 1.25. The number of carboxylic acids is 2. The molecule has 0 heterocycles. The van der Waals surface area contributed by atoms with Crippen molar-refractivity contribution in [1.82, 2.24) is 0 Å². The van der Waals surface area contributed by atoms with E-state index in [0.29, 0.717) is 0 Å². The summed E-state index contributed by atoms with van der Waals surface area (Å²) in [6, 6.07) is 0. The molecular weight excluding hydrogens is 168 g/mol. The van der Waals surface area contributed by atoms with Crippen LogP contribution < -0.4 is 10.2 Å². The fourth-order valence-corrected chi connectivity index (χ4v) is 0.687. The van der Waals surface area contributed by atoms with Crippen LogP contribution in [0.5, 0.6) is 0 Å². The topological polar surface area (TPSA) is 98.7 Å². The van der Waals surface area contributed by atoms with Gasteiger partial charge in [-0.2, -0.15) is 0 Å². The molecule has 0 fully saturated rings. The number of hydrogen-bond donors (Lipinski definition) is 0. The van der Waals surface area contributed by atoms with E-state index in [1.165, 1.54) is 0 Å². The molecule has 0 unspecified atom stereocenters. The van der Waals surface area contributed by atoms with Crippen LogP contribution in [0, 0.1) is 0 Å². The van der Waals surface area contributed by atoms with Gasteiger partial charge in [-0.25, -0.2) is 0 Å². The maximum Gasteiger partial charge on any atom is 0.128 e. The Morgan fingerprint density at radius 2 is 1.25 bits per heavy atom. The molecule has 0 bridgehead atoms. The van der Waals surface area contributed by atoms with Crippen LogP contribution in [-0.2, 0) is 19.1 Å². The van der Waals surface area contributed by atoms with Crippen LogP contribution in [0.2, 0.25) is 0 Å². The number of aliphatic carboxylic acids is 2. The van der Waals surface area contributed by atoms with E-state index in [-0.39, 0.29) is 0 Å². The fraction of sp³-hybridized carbons (Fsp3) is 0.667. The lowest BCUT2D eigenvalue weighted by atomic mass is 10.2. The van der Waals surface area contributed by atoms with Crippen molar-refractivity contribution < 1.29 is 29.3 Å². The summed E-state index contributed by atoms with van der Waals surface area (Å²) >= 11 is 0. The number of hydrogen-bond acceptors (Lipinski definition) is 6. The Morgan fingerprint density at radius 1 is 1.00 bits per heavy atom. The summed E-state index contributed by atoms with van der Waals surface area (Å²) in [6.45, 7) is 0. The van der Waals surface area contributed by atoms with E-state index in [9.17, 15) is 19.8 Å². The molecule has 0 aliphatic rings. The van der Waals surface area contributed by atoms with Crippen molar-refractivity contribution in [3.8, 4) is 0 Å². The van der Waals surface area contributed by atoms with Crippen molar-refractivity contribution in [3.05, 3.63) is 0 Å². The first kappa shape index (κ1) is 10.9. The van der Waals surface area contributed by atoms with Gasteiger partial charge >= 0.3 is 0 Å².